The molecule has 0 amide bonds. The van der Waals surface area contributed by atoms with Gasteiger partial charge in [-0.05, 0) is 12.1 Å². The van der Waals surface area contributed by atoms with Gasteiger partial charge in [0.15, 0.2) is 0 Å². The molecule has 2 rings (SSSR count). The van der Waals surface area contributed by atoms with Crippen LogP contribution in [0.3, 0.4) is 0 Å². The van der Waals surface area contributed by atoms with Crippen molar-refractivity contribution in [3.63, 3.8) is 0 Å². The molecule has 0 aromatic carbocycles. The number of nitrogens with zero attached hydrogens (tertiary/aromatic N) is 2. The van der Waals surface area contributed by atoms with Gasteiger partial charge in [-0.25, -0.2) is 9.78 Å². The summed E-state index contributed by atoms with van der Waals surface area (Å²) >= 11 is 0.975. The molecule has 2 heterocycles. The fraction of sp³-hybridized carbons (Fsp3) is 0. The Balaban J connectivity index is 2.15. The lowest BCUT2D eigenvalue weighted by Gasteiger charge is -1.98. The van der Waals surface area contributed by atoms with E-state index in [1.807, 2.05) is 0 Å². The first-order valence-electron chi connectivity index (χ1n) is 4.03. The van der Waals surface area contributed by atoms with E-state index in [1.165, 1.54) is 12.4 Å². The number of hydrogen-bond donors (Lipinski definition) is 1. The zero-order chi connectivity index (χ0) is 10.7. The Bertz CT molecular complexity index is 469. The molecule has 2 aromatic rings. The molecule has 0 aliphatic carbocycles. The molecule has 0 fully saturated rings. The number of rotatable bonds is 3. The minimum absolute atomic E-state index is 0.147. The SMILES string of the molecule is O=C(O)c1cnc(Oc2cccnc2)s1. The van der Waals surface area contributed by atoms with Crippen molar-refractivity contribution in [3.8, 4) is 10.9 Å². The van der Waals surface area contributed by atoms with Gasteiger partial charge in [0.2, 0.25) is 0 Å². The van der Waals surface area contributed by atoms with Crippen LogP contribution in [0.25, 0.3) is 0 Å². The van der Waals surface area contributed by atoms with Crippen molar-refractivity contribution < 1.29 is 14.6 Å². The number of pyridine rings is 1. The maximum atomic E-state index is 10.6. The zero-order valence-corrected chi connectivity index (χ0v) is 8.27. The van der Waals surface area contributed by atoms with Gasteiger partial charge in [-0.2, -0.15) is 0 Å². The molecule has 5 nitrogen and oxygen atoms in total. The Morgan fingerprint density at radius 2 is 2.33 bits per heavy atom. The molecule has 0 aliphatic rings. The molecule has 0 radical (unpaired) electrons. The molecule has 0 bridgehead atoms. The molecule has 15 heavy (non-hydrogen) atoms. The van der Waals surface area contributed by atoms with Crippen LogP contribution in [0, 0.1) is 0 Å². The van der Waals surface area contributed by atoms with Gasteiger partial charge in [-0.15, -0.1) is 0 Å². The lowest BCUT2D eigenvalue weighted by molar-refractivity contribution is 0.0702. The topological polar surface area (TPSA) is 72.3 Å². The molecule has 2 aromatic heterocycles. The number of hydrogen-bond acceptors (Lipinski definition) is 5. The van der Waals surface area contributed by atoms with Crippen LogP contribution in [0.4, 0.5) is 0 Å². The molecule has 0 atom stereocenters. The summed E-state index contributed by atoms with van der Waals surface area (Å²) in [6.07, 6.45) is 4.41. The van der Waals surface area contributed by atoms with Crippen molar-refractivity contribution in [2.75, 3.05) is 0 Å². The lowest BCUT2D eigenvalue weighted by atomic mass is 10.5. The van der Waals surface area contributed by atoms with Crippen LogP contribution in [0.1, 0.15) is 9.67 Å². The Hall–Kier alpha value is -1.95. The lowest BCUT2D eigenvalue weighted by Crippen LogP contribution is -1.89. The first-order valence-corrected chi connectivity index (χ1v) is 4.84. The van der Waals surface area contributed by atoms with Crippen molar-refractivity contribution in [1.29, 1.82) is 0 Å². The summed E-state index contributed by atoms with van der Waals surface area (Å²) in [7, 11) is 0. The minimum Gasteiger partial charge on any atom is -0.477 e. The van der Waals surface area contributed by atoms with Gasteiger partial charge in [-0.3, -0.25) is 4.98 Å². The van der Waals surface area contributed by atoms with Crippen LogP contribution < -0.4 is 4.74 Å². The average molecular weight is 222 g/mol. The summed E-state index contributed by atoms with van der Waals surface area (Å²) in [5.41, 5.74) is 0. The highest BCUT2D eigenvalue weighted by atomic mass is 32.1. The van der Waals surface area contributed by atoms with E-state index in [-0.39, 0.29) is 4.88 Å². The van der Waals surface area contributed by atoms with Gasteiger partial charge in [0.25, 0.3) is 5.19 Å². The van der Waals surface area contributed by atoms with E-state index >= 15 is 0 Å². The van der Waals surface area contributed by atoms with Gasteiger partial charge in [-0.1, -0.05) is 11.3 Å². The second-order valence-electron chi connectivity index (χ2n) is 2.59. The van der Waals surface area contributed by atoms with Crippen LogP contribution in [-0.4, -0.2) is 21.0 Å². The molecule has 76 valence electrons. The van der Waals surface area contributed by atoms with Gasteiger partial charge in [0.1, 0.15) is 10.6 Å². The molecule has 0 saturated carbocycles. The fourth-order valence-electron chi connectivity index (χ4n) is 0.912. The minimum atomic E-state index is -1.01. The fourth-order valence-corrected chi connectivity index (χ4v) is 1.54. The maximum absolute atomic E-state index is 10.6. The predicted molar refractivity (Wildman–Crippen MR) is 53.4 cm³/mol. The van der Waals surface area contributed by atoms with Crippen LogP contribution in [-0.2, 0) is 0 Å². The van der Waals surface area contributed by atoms with E-state index in [9.17, 15) is 4.79 Å². The molecule has 0 unspecified atom stereocenters. The Morgan fingerprint density at radius 3 is 2.93 bits per heavy atom. The van der Waals surface area contributed by atoms with E-state index in [0.29, 0.717) is 10.9 Å². The molecule has 0 saturated heterocycles. The molecule has 1 N–H and O–H groups in total. The van der Waals surface area contributed by atoms with Crippen molar-refractivity contribution in [1.82, 2.24) is 9.97 Å². The second-order valence-corrected chi connectivity index (χ2v) is 3.58. The third-order valence-corrected chi connectivity index (χ3v) is 2.40. The smallest absolute Gasteiger partial charge is 0.347 e. The van der Waals surface area contributed by atoms with Crippen LogP contribution in [0.15, 0.2) is 30.7 Å². The number of thiazole rings is 1. The van der Waals surface area contributed by atoms with Crippen molar-refractivity contribution >= 4 is 17.3 Å². The van der Waals surface area contributed by atoms with Gasteiger partial charge in [0.05, 0.1) is 12.4 Å². The number of ether oxygens (including phenoxy) is 1. The number of carbonyl (C=O) groups is 1. The molecule has 0 aliphatic heterocycles. The molecule has 6 heteroatoms. The Labute approximate surface area is 89.0 Å². The van der Waals surface area contributed by atoms with Crippen molar-refractivity contribution in [3.05, 3.63) is 35.6 Å². The van der Waals surface area contributed by atoms with E-state index in [0.717, 1.165) is 11.3 Å². The van der Waals surface area contributed by atoms with E-state index in [2.05, 4.69) is 9.97 Å². The van der Waals surface area contributed by atoms with E-state index in [4.69, 9.17) is 9.84 Å². The summed E-state index contributed by atoms with van der Waals surface area (Å²) < 4.78 is 5.29. The third-order valence-electron chi connectivity index (χ3n) is 1.53. The van der Waals surface area contributed by atoms with Crippen LogP contribution >= 0.6 is 11.3 Å². The number of aromatic carboxylic acids is 1. The first kappa shape index (κ1) is 9.60. The third kappa shape index (κ3) is 2.29. The highest BCUT2D eigenvalue weighted by Gasteiger charge is 2.09. The summed E-state index contributed by atoms with van der Waals surface area (Å²) in [5, 5.41) is 8.96. The molecular formula is C9H6N2O3S. The van der Waals surface area contributed by atoms with E-state index in [1.54, 1.807) is 18.3 Å². The summed E-state index contributed by atoms with van der Waals surface area (Å²) in [6, 6.07) is 3.44. The average Bonchev–Trinajstić information content (AvgIpc) is 2.68. The maximum Gasteiger partial charge on any atom is 0.347 e. The second kappa shape index (κ2) is 4.05. The normalized spacial score (nSPS) is 9.87. The quantitative estimate of drug-likeness (QED) is 0.860. The highest BCUT2D eigenvalue weighted by molar-refractivity contribution is 7.15. The predicted octanol–water partition coefficient (Wildman–Crippen LogP) is 2.03. The monoisotopic (exact) mass is 222 g/mol. The largest absolute Gasteiger partial charge is 0.477 e. The van der Waals surface area contributed by atoms with Crippen molar-refractivity contribution in [2.45, 2.75) is 0 Å². The van der Waals surface area contributed by atoms with Gasteiger partial charge < -0.3 is 9.84 Å². The van der Waals surface area contributed by atoms with Crippen LogP contribution in [0.2, 0.25) is 0 Å². The van der Waals surface area contributed by atoms with Gasteiger partial charge >= 0.3 is 5.97 Å². The molecule has 0 spiro atoms. The summed E-state index contributed by atoms with van der Waals surface area (Å²) in [4.78, 5) is 18.4. The van der Waals surface area contributed by atoms with Crippen molar-refractivity contribution in [2.24, 2.45) is 0 Å². The Kier molecular flexibility index (Phi) is 2.59. The number of aromatic nitrogens is 2. The molecular weight excluding hydrogens is 216 g/mol. The number of carboxylic acid groups (broad SMARTS) is 1. The summed E-state index contributed by atoms with van der Waals surface area (Å²) in [5.74, 6) is -0.475. The Morgan fingerprint density at radius 1 is 1.47 bits per heavy atom. The standard InChI is InChI=1S/C9H6N2O3S/c12-8(13)7-5-11-9(15-7)14-6-2-1-3-10-4-6/h1-5H,(H,12,13). The van der Waals surface area contributed by atoms with E-state index < -0.39 is 5.97 Å². The van der Waals surface area contributed by atoms with Gasteiger partial charge in [0, 0.05) is 6.20 Å². The number of carboxylic acids is 1. The first-order chi connectivity index (χ1) is 7.25. The summed E-state index contributed by atoms with van der Waals surface area (Å²) in [6.45, 7) is 0. The van der Waals surface area contributed by atoms with Crippen LogP contribution in [0.5, 0.6) is 10.9 Å². The zero-order valence-electron chi connectivity index (χ0n) is 7.45. The highest BCUT2D eigenvalue weighted by Crippen LogP contribution is 2.25.